The van der Waals surface area contributed by atoms with Crippen molar-refractivity contribution in [2.45, 2.75) is 174 Å². The molecule has 0 saturated heterocycles. The Hall–Kier alpha value is -4.48. The van der Waals surface area contributed by atoms with E-state index in [2.05, 4.69) is 145 Å². The van der Waals surface area contributed by atoms with Gasteiger partial charge in [-0.05, 0) is 86.1 Å². The zero-order valence-electron chi connectivity index (χ0n) is 46.4. The Balaban J connectivity index is 1.23. The van der Waals surface area contributed by atoms with E-state index in [-0.39, 0.29) is 29.2 Å². The Morgan fingerprint density at radius 2 is 1.03 bits per heavy atom. The van der Waals surface area contributed by atoms with E-state index in [1.165, 1.54) is 175 Å². The zero-order valence-corrected chi connectivity index (χ0v) is 51.3. The molecule has 9 heteroatoms. The standard InChI is InChI=1S/C68H77NO2S6/c1-8-13-16-18-20-28-34-47-36-38-51(72-47)55-49-43-53(61-62-57(58-63(76-62)66(71)69(42-12-5)65(58)70)64(77-61)68(7,41-15-10-3)46-32-26-23-27-33-46)74-59(49)56(52-39-37-48(73-52)35-29-21-19-17-14-9-2)50-44-54(75-60(50)55)67(6,40-11-4)45-30-24-22-25-31-45/h12,22-27,30-33,36-39,43-44H,5,8-11,13-21,28-29,34-35,40-42H2,1-4,6-7H3/t67-,68?/m1/s1. The van der Waals surface area contributed by atoms with Gasteiger partial charge in [0.15, 0.2) is 0 Å². The van der Waals surface area contributed by atoms with Crippen LogP contribution < -0.4 is 0 Å². The predicted octanol–water partition coefficient (Wildman–Crippen LogP) is 22.7. The van der Waals surface area contributed by atoms with Crippen LogP contribution in [0.4, 0.5) is 0 Å². The molecule has 0 saturated carbocycles. The average Bonchev–Trinajstić information content (AvgIpc) is 4.40. The van der Waals surface area contributed by atoms with Crippen LogP contribution in [0.5, 0.6) is 0 Å². The second-order valence-electron chi connectivity index (χ2n) is 22.1. The van der Waals surface area contributed by atoms with Gasteiger partial charge in [0.25, 0.3) is 11.8 Å². The molecule has 77 heavy (non-hydrogen) atoms. The lowest BCUT2D eigenvalue weighted by Crippen LogP contribution is -2.30. The molecule has 0 bridgehead atoms. The summed E-state index contributed by atoms with van der Waals surface area (Å²) in [6.07, 6.45) is 24.6. The number of carbonyl (C=O) groups excluding carboxylic acids is 2. The van der Waals surface area contributed by atoms with Crippen LogP contribution in [0.3, 0.4) is 0 Å². The number of hydrogen-bond acceptors (Lipinski definition) is 8. The largest absolute Gasteiger partial charge is 0.271 e. The number of hydrogen-bond donors (Lipinski definition) is 0. The van der Waals surface area contributed by atoms with Gasteiger partial charge in [-0.1, -0.05) is 192 Å². The van der Waals surface area contributed by atoms with Gasteiger partial charge in [-0.15, -0.1) is 74.6 Å². The van der Waals surface area contributed by atoms with Gasteiger partial charge in [-0.2, -0.15) is 0 Å². The highest BCUT2D eigenvalue weighted by atomic mass is 32.1. The minimum absolute atomic E-state index is 0.151. The SMILES string of the molecule is C=CCN1C(=O)c2sc3c(-c4cc5c(-c6ccc(CCCCCCCC)s6)c6sc([C@](C)(CCC)c7ccccc7)cc6c(-c6ccc(CCCCCCCC)s6)c5s4)sc(C(C)(CCCC)c4ccccc4)c3c2C1=O. The summed E-state index contributed by atoms with van der Waals surface area (Å²) in [6.45, 7) is 18.2. The molecule has 3 aromatic carbocycles. The topological polar surface area (TPSA) is 37.4 Å². The van der Waals surface area contributed by atoms with E-state index in [1.807, 2.05) is 56.7 Å². The summed E-state index contributed by atoms with van der Waals surface area (Å²) in [4.78, 5) is 41.6. The van der Waals surface area contributed by atoms with Crippen molar-refractivity contribution in [3.05, 3.63) is 151 Å². The monoisotopic (exact) mass is 1130 g/mol. The van der Waals surface area contributed by atoms with Crippen molar-refractivity contribution in [1.82, 2.24) is 4.90 Å². The maximum Gasteiger partial charge on any atom is 0.271 e. The molecule has 0 aliphatic carbocycles. The summed E-state index contributed by atoms with van der Waals surface area (Å²) < 4.78 is 3.78. The van der Waals surface area contributed by atoms with Crippen molar-refractivity contribution in [2.75, 3.05) is 6.54 Å². The number of rotatable bonds is 28. The van der Waals surface area contributed by atoms with E-state index in [9.17, 15) is 9.59 Å². The normalized spacial score (nSPS) is 14.4. The highest BCUT2D eigenvalue weighted by Crippen LogP contribution is 2.59. The Labute approximate surface area is 483 Å². The molecule has 1 unspecified atom stereocenters. The maximum absolute atomic E-state index is 14.7. The van der Waals surface area contributed by atoms with Crippen molar-refractivity contribution in [3.8, 4) is 30.6 Å². The van der Waals surface area contributed by atoms with Crippen molar-refractivity contribution < 1.29 is 9.59 Å². The lowest BCUT2D eigenvalue weighted by Gasteiger charge is -2.30. The first-order valence-electron chi connectivity index (χ1n) is 29.0. The quantitative estimate of drug-likeness (QED) is 0.0278. The highest BCUT2D eigenvalue weighted by molar-refractivity contribution is 7.32. The first-order valence-corrected chi connectivity index (χ1v) is 33.9. The van der Waals surface area contributed by atoms with Crippen LogP contribution in [0.15, 0.2) is 110 Å². The molecule has 0 N–H and O–H groups in total. The molecule has 0 fully saturated rings. The molecule has 7 heterocycles. The van der Waals surface area contributed by atoms with Gasteiger partial charge in [-0.3, -0.25) is 14.5 Å². The van der Waals surface area contributed by atoms with Crippen LogP contribution in [0.25, 0.3) is 60.9 Å². The van der Waals surface area contributed by atoms with Crippen LogP contribution in [-0.4, -0.2) is 23.3 Å². The van der Waals surface area contributed by atoms with Gasteiger partial charge in [0, 0.05) is 88.2 Å². The van der Waals surface area contributed by atoms with E-state index in [0.29, 0.717) is 10.4 Å². The van der Waals surface area contributed by atoms with Crippen molar-refractivity contribution in [3.63, 3.8) is 0 Å². The number of carbonyl (C=O) groups is 2. The Kier molecular flexibility index (Phi) is 18.0. The maximum atomic E-state index is 14.7. The summed E-state index contributed by atoms with van der Waals surface area (Å²) in [5.41, 5.74) is 5.39. The van der Waals surface area contributed by atoms with Gasteiger partial charge in [0.05, 0.1) is 15.1 Å². The molecule has 2 atom stereocenters. The molecule has 10 rings (SSSR count). The third kappa shape index (κ3) is 11.0. The fourth-order valence-electron chi connectivity index (χ4n) is 12.1. The molecule has 402 valence electrons. The second kappa shape index (κ2) is 24.9. The molecule has 9 aromatic rings. The fourth-order valence-corrected chi connectivity index (χ4v) is 20.2. The lowest BCUT2D eigenvalue weighted by molar-refractivity contribution is 0.0674. The molecule has 3 nitrogen and oxygen atoms in total. The second-order valence-corrected chi connectivity index (χ2v) is 28.5. The molecule has 1 aliphatic heterocycles. The number of imide groups is 1. The lowest BCUT2D eigenvalue weighted by atomic mass is 9.76. The average molecular weight is 1130 g/mol. The fraction of sp³-hybridized carbons (Fsp3) is 0.412. The van der Waals surface area contributed by atoms with E-state index < -0.39 is 0 Å². The van der Waals surface area contributed by atoms with Gasteiger partial charge in [-0.25, -0.2) is 0 Å². The van der Waals surface area contributed by atoms with E-state index in [4.69, 9.17) is 0 Å². The summed E-state index contributed by atoms with van der Waals surface area (Å²) >= 11 is 11.4. The molecule has 1 aliphatic rings. The highest BCUT2D eigenvalue weighted by Gasteiger charge is 2.44. The van der Waals surface area contributed by atoms with Crippen LogP contribution >= 0.6 is 68.0 Å². The minimum Gasteiger partial charge on any atom is -0.270 e. The van der Waals surface area contributed by atoms with Crippen molar-refractivity contribution >= 4 is 110 Å². The number of amides is 2. The number of benzene rings is 3. The molecule has 0 spiro atoms. The number of unbranched alkanes of at least 4 members (excludes halogenated alkanes) is 11. The van der Waals surface area contributed by atoms with Crippen LogP contribution in [0, 0.1) is 0 Å². The Morgan fingerprint density at radius 3 is 1.60 bits per heavy atom. The van der Waals surface area contributed by atoms with Gasteiger partial charge < -0.3 is 0 Å². The summed E-state index contributed by atoms with van der Waals surface area (Å²) in [6, 6.07) is 37.0. The van der Waals surface area contributed by atoms with Gasteiger partial charge in [0.1, 0.15) is 4.88 Å². The summed E-state index contributed by atoms with van der Waals surface area (Å²) in [7, 11) is 0. The molecular weight excluding hydrogens is 1060 g/mol. The number of fused-ring (bicyclic) bond motifs is 5. The first-order chi connectivity index (χ1) is 37.6. The van der Waals surface area contributed by atoms with Crippen LogP contribution in [0.2, 0.25) is 0 Å². The van der Waals surface area contributed by atoms with Gasteiger partial charge >= 0.3 is 0 Å². The predicted molar refractivity (Wildman–Crippen MR) is 342 cm³/mol. The summed E-state index contributed by atoms with van der Waals surface area (Å²) in [5.74, 6) is -0.395. The Bertz CT molecular complexity index is 3380. The molecule has 2 amide bonds. The smallest absolute Gasteiger partial charge is 0.270 e. The zero-order chi connectivity index (χ0) is 53.7. The number of nitrogens with zero attached hydrogens (tertiary/aromatic N) is 1. The van der Waals surface area contributed by atoms with Crippen molar-refractivity contribution in [1.29, 1.82) is 0 Å². The number of thiophene rings is 6. The number of aryl methyl sites for hydroxylation is 2. The van der Waals surface area contributed by atoms with Crippen LogP contribution in [-0.2, 0) is 23.7 Å². The van der Waals surface area contributed by atoms with E-state index in [0.717, 1.165) is 55.0 Å². The van der Waals surface area contributed by atoms with Crippen LogP contribution in [0.1, 0.15) is 201 Å². The minimum atomic E-state index is -0.384. The Morgan fingerprint density at radius 1 is 0.481 bits per heavy atom. The molecular formula is C68H77NO2S6. The van der Waals surface area contributed by atoms with Crippen molar-refractivity contribution in [2.24, 2.45) is 0 Å². The summed E-state index contributed by atoms with van der Waals surface area (Å²) in [5, 5.41) is 3.65. The third-order valence-electron chi connectivity index (χ3n) is 16.5. The molecule has 6 aromatic heterocycles. The first kappa shape index (κ1) is 55.8. The van der Waals surface area contributed by atoms with E-state index >= 15 is 0 Å². The third-order valence-corrected chi connectivity index (χ3v) is 24.3. The van der Waals surface area contributed by atoms with E-state index in [1.54, 1.807) is 6.08 Å². The molecule has 0 radical (unpaired) electrons. The van der Waals surface area contributed by atoms with Gasteiger partial charge in [0.2, 0.25) is 0 Å².